The summed E-state index contributed by atoms with van der Waals surface area (Å²) in [5.74, 6) is 1.41. The number of anilines is 1. The van der Waals surface area contributed by atoms with E-state index in [1.165, 1.54) is 11.8 Å². The van der Waals surface area contributed by atoms with Gasteiger partial charge in [0.2, 0.25) is 5.91 Å². The molecule has 1 aromatic heterocycles. The Morgan fingerprint density at radius 3 is 2.52 bits per heavy atom. The molecule has 0 spiro atoms. The van der Waals surface area contributed by atoms with Crippen molar-refractivity contribution in [1.82, 2.24) is 9.88 Å². The number of benzene rings is 1. The molecule has 1 unspecified atom stereocenters. The Labute approximate surface area is 175 Å². The number of nitrogens with zero attached hydrogens (tertiary/aromatic N) is 2. The van der Waals surface area contributed by atoms with Gasteiger partial charge < -0.3 is 15.0 Å². The van der Waals surface area contributed by atoms with E-state index in [0.29, 0.717) is 12.4 Å². The predicted octanol–water partition coefficient (Wildman–Crippen LogP) is 3.78. The Kier molecular flexibility index (Phi) is 6.59. The van der Waals surface area contributed by atoms with E-state index in [1.54, 1.807) is 19.4 Å². The number of nitrogens with one attached hydrogen (secondary N) is 1. The van der Waals surface area contributed by atoms with Crippen molar-refractivity contribution >= 4 is 29.4 Å². The van der Waals surface area contributed by atoms with Gasteiger partial charge >= 0.3 is 0 Å². The zero-order valence-corrected chi connectivity index (χ0v) is 17.9. The van der Waals surface area contributed by atoms with E-state index in [1.807, 2.05) is 56.0 Å². The Bertz CT molecular complexity index is 923. The van der Waals surface area contributed by atoms with Crippen LogP contribution in [0.15, 0.2) is 53.7 Å². The van der Waals surface area contributed by atoms with E-state index in [0.717, 1.165) is 28.0 Å². The molecule has 0 fully saturated rings. The first-order chi connectivity index (χ1) is 13.9. The van der Waals surface area contributed by atoms with Gasteiger partial charge in [-0.15, -0.1) is 11.8 Å². The lowest BCUT2D eigenvalue weighted by atomic mass is 10.2. The highest BCUT2D eigenvalue weighted by molar-refractivity contribution is 8.00. The maximum atomic E-state index is 12.7. The monoisotopic (exact) mass is 411 g/mol. The molecule has 7 heteroatoms. The number of aromatic nitrogens is 1. The SMILES string of the molecule is COc1ccc(CN2C(=O)C(C)=C(C)C2SCC(=O)Nc2ccc(C)cn2)cc1. The zero-order chi connectivity index (χ0) is 21.0. The van der Waals surface area contributed by atoms with Crippen LogP contribution >= 0.6 is 11.8 Å². The minimum atomic E-state index is -0.165. The van der Waals surface area contributed by atoms with Gasteiger partial charge in [-0.25, -0.2) is 4.98 Å². The summed E-state index contributed by atoms with van der Waals surface area (Å²) in [7, 11) is 1.62. The van der Waals surface area contributed by atoms with Gasteiger partial charge in [-0.3, -0.25) is 9.59 Å². The van der Waals surface area contributed by atoms with Crippen molar-refractivity contribution < 1.29 is 14.3 Å². The molecule has 0 saturated heterocycles. The molecule has 2 aromatic rings. The molecular weight excluding hydrogens is 386 g/mol. The molecule has 0 saturated carbocycles. The lowest BCUT2D eigenvalue weighted by Gasteiger charge is -2.26. The Morgan fingerprint density at radius 1 is 1.17 bits per heavy atom. The standard InChI is InChI=1S/C22H25N3O3S/c1-14-5-10-19(23-11-14)24-20(26)13-29-22-16(3)15(2)21(27)25(22)12-17-6-8-18(28-4)9-7-17/h5-11,22H,12-13H2,1-4H3,(H,23,24,26). The predicted molar refractivity (Wildman–Crippen MR) is 116 cm³/mol. The fourth-order valence-electron chi connectivity index (χ4n) is 3.08. The van der Waals surface area contributed by atoms with E-state index in [-0.39, 0.29) is 22.9 Å². The van der Waals surface area contributed by atoms with Crippen LogP contribution in [0.5, 0.6) is 5.75 Å². The first kappa shape index (κ1) is 20.9. The van der Waals surface area contributed by atoms with Crippen LogP contribution in [0.3, 0.4) is 0 Å². The largest absolute Gasteiger partial charge is 0.497 e. The molecule has 3 rings (SSSR count). The van der Waals surface area contributed by atoms with E-state index < -0.39 is 0 Å². The van der Waals surface area contributed by atoms with Crippen LogP contribution in [0, 0.1) is 6.92 Å². The van der Waals surface area contributed by atoms with Crippen LogP contribution < -0.4 is 10.1 Å². The normalized spacial score (nSPS) is 16.3. The number of carbonyl (C=O) groups is 2. The molecule has 1 N–H and O–H groups in total. The van der Waals surface area contributed by atoms with E-state index in [9.17, 15) is 9.59 Å². The summed E-state index contributed by atoms with van der Waals surface area (Å²) in [5, 5.41) is 2.64. The Morgan fingerprint density at radius 2 is 1.90 bits per heavy atom. The van der Waals surface area contributed by atoms with Gasteiger partial charge in [0, 0.05) is 18.3 Å². The lowest BCUT2D eigenvalue weighted by molar-refractivity contribution is -0.126. The van der Waals surface area contributed by atoms with Crippen LogP contribution in [0.4, 0.5) is 5.82 Å². The molecule has 2 heterocycles. The van der Waals surface area contributed by atoms with Gasteiger partial charge in [0.15, 0.2) is 0 Å². The molecule has 1 aliphatic heterocycles. The number of rotatable bonds is 7. The van der Waals surface area contributed by atoms with Crippen molar-refractivity contribution in [3.8, 4) is 5.75 Å². The van der Waals surface area contributed by atoms with Gasteiger partial charge in [-0.1, -0.05) is 18.2 Å². The number of hydrogen-bond acceptors (Lipinski definition) is 5. The third-order valence-electron chi connectivity index (χ3n) is 4.89. The molecule has 1 aliphatic rings. The summed E-state index contributed by atoms with van der Waals surface area (Å²) in [6.07, 6.45) is 1.71. The molecule has 2 amide bonds. The van der Waals surface area contributed by atoms with Crippen LogP contribution in [0.25, 0.3) is 0 Å². The van der Waals surface area contributed by atoms with Crippen LogP contribution in [-0.4, -0.2) is 39.9 Å². The number of aryl methyl sites for hydroxylation is 1. The van der Waals surface area contributed by atoms with Gasteiger partial charge in [0.05, 0.1) is 12.9 Å². The maximum absolute atomic E-state index is 12.7. The summed E-state index contributed by atoms with van der Waals surface area (Å²) in [6, 6.07) is 11.3. The molecule has 0 bridgehead atoms. The second-order valence-electron chi connectivity index (χ2n) is 7.02. The Balaban J connectivity index is 1.65. The molecule has 0 radical (unpaired) electrons. The third kappa shape index (κ3) is 4.98. The molecule has 6 nitrogen and oxygen atoms in total. The summed E-state index contributed by atoms with van der Waals surface area (Å²) >= 11 is 1.45. The van der Waals surface area contributed by atoms with Crippen LogP contribution in [0.2, 0.25) is 0 Å². The molecule has 0 aliphatic carbocycles. The highest BCUT2D eigenvalue weighted by Crippen LogP contribution is 2.34. The highest BCUT2D eigenvalue weighted by atomic mass is 32.2. The third-order valence-corrected chi connectivity index (χ3v) is 6.24. The zero-order valence-electron chi connectivity index (χ0n) is 17.1. The highest BCUT2D eigenvalue weighted by Gasteiger charge is 2.35. The quantitative estimate of drug-likeness (QED) is 0.751. The second kappa shape index (κ2) is 9.13. The van der Waals surface area contributed by atoms with Crippen LogP contribution in [0.1, 0.15) is 25.0 Å². The summed E-state index contributed by atoms with van der Waals surface area (Å²) in [6.45, 7) is 6.23. The van der Waals surface area contributed by atoms with Crippen molar-refractivity contribution in [2.45, 2.75) is 32.7 Å². The number of thioether (sulfide) groups is 1. The summed E-state index contributed by atoms with van der Waals surface area (Å²) in [4.78, 5) is 31.1. The smallest absolute Gasteiger partial charge is 0.251 e. The topological polar surface area (TPSA) is 71.5 Å². The number of pyridine rings is 1. The number of ether oxygens (including phenoxy) is 1. The van der Waals surface area contributed by atoms with Gasteiger partial charge in [-0.05, 0) is 55.7 Å². The minimum Gasteiger partial charge on any atom is -0.497 e. The van der Waals surface area contributed by atoms with Crippen molar-refractivity contribution in [3.63, 3.8) is 0 Å². The minimum absolute atomic E-state index is 0.0106. The average molecular weight is 412 g/mol. The summed E-state index contributed by atoms with van der Waals surface area (Å²) in [5.41, 5.74) is 3.79. The van der Waals surface area contributed by atoms with E-state index in [2.05, 4.69) is 10.3 Å². The number of amides is 2. The number of methoxy groups -OCH3 is 1. The van der Waals surface area contributed by atoms with Crippen molar-refractivity contribution in [2.75, 3.05) is 18.2 Å². The maximum Gasteiger partial charge on any atom is 0.251 e. The Hall–Kier alpha value is -2.80. The van der Waals surface area contributed by atoms with Gasteiger partial charge in [0.25, 0.3) is 5.91 Å². The first-order valence-corrected chi connectivity index (χ1v) is 10.4. The van der Waals surface area contributed by atoms with Crippen LogP contribution in [-0.2, 0) is 16.1 Å². The first-order valence-electron chi connectivity index (χ1n) is 9.34. The fourth-order valence-corrected chi connectivity index (χ4v) is 4.24. The van der Waals surface area contributed by atoms with E-state index >= 15 is 0 Å². The second-order valence-corrected chi connectivity index (χ2v) is 8.09. The summed E-state index contributed by atoms with van der Waals surface area (Å²) < 4.78 is 5.19. The van der Waals surface area contributed by atoms with Gasteiger partial charge in [-0.2, -0.15) is 0 Å². The molecular formula is C22H25N3O3S. The number of carbonyl (C=O) groups excluding carboxylic acids is 2. The van der Waals surface area contributed by atoms with Gasteiger partial charge in [0.1, 0.15) is 16.9 Å². The molecule has 1 atom stereocenters. The molecule has 152 valence electrons. The van der Waals surface area contributed by atoms with Crippen molar-refractivity contribution in [1.29, 1.82) is 0 Å². The lowest BCUT2D eigenvalue weighted by Crippen LogP contribution is -2.34. The fraction of sp³-hybridized carbons (Fsp3) is 0.318. The molecule has 1 aromatic carbocycles. The molecule has 29 heavy (non-hydrogen) atoms. The van der Waals surface area contributed by atoms with E-state index in [4.69, 9.17) is 4.74 Å². The van der Waals surface area contributed by atoms with Crippen molar-refractivity contribution in [3.05, 3.63) is 64.9 Å². The van der Waals surface area contributed by atoms with Crippen molar-refractivity contribution in [2.24, 2.45) is 0 Å². The number of hydrogen-bond donors (Lipinski definition) is 1. The average Bonchev–Trinajstić information content (AvgIpc) is 2.92.